The third kappa shape index (κ3) is 9.02. The van der Waals surface area contributed by atoms with Crippen molar-refractivity contribution in [3.05, 3.63) is 48.6 Å². The zero-order valence-electron chi connectivity index (χ0n) is 29.5. The van der Waals surface area contributed by atoms with E-state index in [1.807, 2.05) is 37.3 Å². The van der Waals surface area contributed by atoms with E-state index in [9.17, 15) is 9.90 Å². The van der Waals surface area contributed by atoms with Gasteiger partial charge in [-0.05, 0) is 30.2 Å². The summed E-state index contributed by atoms with van der Waals surface area (Å²) in [6, 6.07) is 9.90. The minimum atomic E-state index is -0.894. The molecule has 3 fully saturated rings. The minimum absolute atomic E-state index is 0.00888. The molecular weight excluding hydrogens is 604 g/mol. The zero-order chi connectivity index (χ0) is 34.2. The van der Waals surface area contributed by atoms with E-state index in [2.05, 4.69) is 48.1 Å². The summed E-state index contributed by atoms with van der Waals surface area (Å²) in [6.45, 7) is 20.2. The maximum absolute atomic E-state index is 12.3. The first-order chi connectivity index (χ1) is 22.5. The quantitative estimate of drug-likeness (QED) is 0.198. The molecule has 0 spiro atoms. The number of hydrogen-bond acceptors (Lipinski definition) is 10. The molecule has 10 heteroatoms. The molecule has 47 heavy (non-hydrogen) atoms. The van der Waals surface area contributed by atoms with E-state index < -0.39 is 43.0 Å². The number of carbonyl (C=O) groups is 1. The van der Waals surface area contributed by atoms with E-state index >= 15 is 0 Å². The van der Waals surface area contributed by atoms with Crippen LogP contribution < -0.4 is 0 Å². The Bertz CT molecular complexity index is 1100. The van der Waals surface area contributed by atoms with E-state index in [4.69, 9.17) is 37.9 Å². The van der Waals surface area contributed by atoms with Crippen LogP contribution in [-0.4, -0.2) is 85.9 Å². The van der Waals surface area contributed by atoms with Crippen LogP contribution in [0, 0.1) is 29.6 Å². The van der Waals surface area contributed by atoms with Gasteiger partial charge in [0.15, 0.2) is 25.0 Å². The number of aliphatic hydroxyl groups excluding tert-OH is 1. The molecule has 3 aliphatic heterocycles. The molecule has 3 heterocycles. The molecule has 0 bridgehead atoms. The maximum atomic E-state index is 12.3. The van der Waals surface area contributed by atoms with Gasteiger partial charge in [-0.25, -0.2) is 0 Å². The van der Waals surface area contributed by atoms with Crippen molar-refractivity contribution in [3.8, 4) is 0 Å². The summed E-state index contributed by atoms with van der Waals surface area (Å²) < 4.78 is 51.7. The molecule has 4 rings (SSSR count). The molecule has 1 aromatic carbocycles. The highest BCUT2D eigenvalue weighted by atomic mass is 16.8. The Morgan fingerprint density at radius 3 is 1.96 bits per heavy atom. The van der Waals surface area contributed by atoms with Crippen LogP contribution in [0.15, 0.2) is 43.0 Å². The van der Waals surface area contributed by atoms with Crippen LogP contribution in [0.4, 0.5) is 0 Å². The highest BCUT2D eigenvalue weighted by molar-refractivity contribution is 5.66. The molecule has 6 unspecified atom stereocenters. The summed E-state index contributed by atoms with van der Waals surface area (Å²) >= 11 is 0. The number of esters is 1. The first kappa shape index (κ1) is 37.9. The summed E-state index contributed by atoms with van der Waals surface area (Å²) in [6.07, 6.45) is -2.15. The van der Waals surface area contributed by atoms with Crippen LogP contribution in [0.25, 0.3) is 0 Å². The first-order valence-corrected chi connectivity index (χ1v) is 17.5. The Kier molecular flexibility index (Phi) is 14.3. The molecule has 0 aromatic heterocycles. The largest absolute Gasteiger partial charge is 0.457 e. The van der Waals surface area contributed by atoms with Gasteiger partial charge in [-0.3, -0.25) is 4.79 Å². The summed E-state index contributed by atoms with van der Waals surface area (Å²) in [5.41, 5.74) is 0.985. The third-order valence-corrected chi connectivity index (χ3v) is 10.5. The Hall–Kier alpha value is -1.89. The van der Waals surface area contributed by atoms with Crippen molar-refractivity contribution >= 4 is 5.97 Å². The normalized spacial score (nSPS) is 40.9. The predicted octanol–water partition coefficient (Wildman–Crippen LogP) is 5.64. The third-order valence-electron chi connectivity index (χ3n) is 10.5. The number of rotatable bonds is 14. The lowest BCUT2D eigenvalue weighted by Gasteiger charge is -2.51. The second-order valence-electron chi connectivity index (χ2n) is 13.6. The molecule has 0 saturated carbocycles. The van der Waals surface area contributed by atoms with Crippen molar-refractivity contribution in [2.75, 3.05) is 13.2 Å². The Morgan fingerprint density at radius 1 is 0.745 bits per heavy atom. The molecule has 1 aromatic rings. The zero-order valence-corrected chi connectivity index (χ0v) is 29.5. The molecular formula is C37H58O10. The highest BCUT2D eigenvalue weighted by Crippen LogP contribution is 2.41. The molecule has 15 atom stereocenters. The van der Waals surface area contributed by atoms with Crippen molar-refractivity contribution in [2.45, 2.75) is 136 Å². The van der Waals surface area contributed by atoms with Crippen molar-refractivity contribution in [2.24, 2.45) is 29.6 Å². The second kappa shape index (κ2) is 17.7. The monoisotopic (exact) mass is 662 g/mol. The molecule has 10 nitrogen and oxygen atoms in total. The number of benzene rings is 1. The van der Waals surface area contributed by atoms with E-state index in [-0.39, 0.29) is 67.4 Å². The van der Waals surface area contributed by atoms with Gasteiger partial charge in [0.25, 0.3) is 0 Å². The Balaban J connectivity index is 1.67. The van der Waals surface area contributed by atoms with Crippen LogP contribution in [0.1, 0.15) is 73.8 Å². The van der Waals surface area contributed by atoms with Crippen molar-refractivity contribution < 1.29 is 47.8 Å². The average Bonchev–Trinajstić information content (AvgIpc) is 3.07. The van der Waals surface area contributed by atoms with Crippen molar-refractivity contribution in [3.63, 3.8) is 0 Å². The van der Waals surface area contributed by atoms with Gasteiger partial charge in [0.2, 0.25) is 0 Å². The van der Waals surface area contributed by atoms with E-state index in [0.29, 0.717) is 13.0 Å². The van der Waals surface area contributed by atoms with Crippen LogP contribution in [-0.2, 0) is 49.3 Å². The number of carbonyl (C=O) groups excluding carboxylic acids is 1. The standard InChI is InChI=1S/C37H58O10/c1-10-18-40-35-24(7)23(6)31(29(12-3)44-35)46-37-34(41-20-27-16-14-13-15-17-27)32(25(8)30(19-38)45-37)47-36-33(42-26(9)39)22(5)21(4)28(11-2)43-36/h10,13-17,21-25,28-38H,1,11-12,18-20H2,2-9H3/t21-,22?,23+,24?,25+,28-,29?,30?,31-,32-,33?,34?,35+,36+,37-/m0/s1. The van der Waals surface area contributed by atoms with Gasteiger partial charge in [-0.1, -0.05) is 84.9 Å². The molecule has 3 aliphatic rings. The van der Waals surface area contributed by atoms with Gasteiger partial charge in [0, 0.05) is 24.7 Å². The molecule has 0 aliphatic carbocycles. The maximum Gasteiger partial charge on any atom is 0.303 e. The topological polar surface area (TPSA) is 111 Å². The predicted molar refractivity (Wildman–Crippen MR) is 176 cm³/mol. The Morgan fingerprint density at radius 2 is 1.34 bits per heavy atom. The number of hydrogen-bond donors (Lipinski definition) is 1. The molecule has 0 radical (unpaired) electrons. The second-order valence-corrected chi connectivity index (χ2v) is 13.6. The van der Waals surface area contributed by atoms with Gasteiger partial charge in [0.1, 0.15) is 6.10 Å². The van der Waals surface area contributed by atoms with Gasteiger partial charge in [-0.2, -0.15) is 0 Å². The fourth-order valence-corrected chi connectivity index (χ4v) is 7.15. The van der Waals surface area contributed by atoms with Crippen LogP contribution >= 0.6 is 0 Å². The number of aliphatic hydroxyl groups is 1. The molecule has 3 saturated heterocycles. The molecule has 0 amide bonds. The van der Waals surface area contributed by atoms with Gasteiger partial charge >= 0.3 is 5.97 Å². The van der Waals surface area contributed by atoms with Crippen LogP contribution in [0.2, 0.25) is 0 Å². The average molecular weight is 663 g/mol. The first-order valence-electron chi connectivity index (χ1n) is 17.5. The molecule has 266 valence electrons. The fourth-order valence-electron chi connectivity index (χ4n) is 7.15. The summed E-state index contributed by atoms with van der Waals surface area (Å²) in [5.74, 6) is -0.475. The van der Waals surface area contributed by atoms with Crippen molar-refractivity contribution in [1.29, 1.82) is 0 Å². The Labute approximate surface area is 281 Å². The van der Waals surface area contributed by atoms with Crippen molar-refractivity contribution in [1.82, 2.24) is 0 Å². The van der Waals surface area contributed by atoms with E-state index in [1.165, 1.54) is 6.92 Å². The SMILES string of the molecule is C=CCO[C@@H]1OC(CC)[C@@H](O[C@@H]2OC(CO)[C@@H](C)[C@H](O[C@H]3O[C@@H](CC)[C@@H](C)C(C)C3OC(C)=O)C2OCc2ccccc2)[C@H](C)C1C. The van der Waals surface area contributed by atoms with Gasteiger partial charge in [-0.15, -0.1) is 6.58 Å². The lowest BCUT2D eigenvalue weighted by atomic mass is 9.82. The van der Waals surface area contributed by atoms with Crippen LogP contribution in [0.5, 0.6) is 0 Å². The smallest absolute Gasteiger partial charge is 0.303 e. The van der Waals surface area contributed by atoms with E-state index in [0.717, 1.165) is 12.0 Å². The lowest BCUT2D eigenvalue weighted by molar-refractivity contribution is -0.369. The summed E-state index contributed by atoms with van der Waals surface area (Å²) in [7, 11) is 0. The van der Waals surface area contributed by atoms with E-state index in [1.54, 1.807) is 6.08 Å². The molecule has 1 N–H and O–H groups in total. The van der Waals surface area contributed by atoms with Gasteiger partial charge < -0.3 is 43.0 Å². The fraction of sp³-hybridized carbons (Fsp3) is 0.757. The van der Waals surface area contributed by atoms with Gasteiger partial charge in [0.05, 0.1) is 50.3 Å². The summed E-state index contributed by atoms with van der Waals surface area (Å²) in [5, 5.41) is 10.5. The lowest BCUT2D eigenvalue weighted by Crippen LogP contribution is -2.62. The minimum Gasteiger partial charge on any atom is -0.457 e. The number of ether oxygens (including phenoxy) is 8. The highest BCUT2D eigenvalue weighted by Gasteiger charge is 2.53. The summed E-state index contributed by atoms with van der Waals surface area (Å²) in [4.78, 5) is 12.3. The van der Waals surface area contributed by atoms with Crippen LogP contribution in [0.3, 0.4) is 0 Å².